The summed E-state index contributed by atoms with van der Waals surface area (Å²) < 4.78 is 0. The average molecular weight is 349 g/mol. The summed E-state index contributed by atoms with van der Waals surface area (Å²) >= 11 is 3.62. The lowest BCUT2D eigenvalue weighted by molar-refractivity contribution is 0.814. The highest BCUT2D eigenvalue weighted by Gasteiger charge is 2.05. The van der Waals surface area contributed by atoms with Gasteiger partial charge in [0, 0.05) is 42.1 Å². The largest absolute Gasteiger partial charge is 0.356 e. The quantitative estimate of drug-likeness (QED) is 0.349. The molecule has 1 aromatic carbocycles. The van der Waals surface area contributed by atoms with Crippen molar-refractivity contribution in [3.63, 3.8) is 0 Å². The van der Waals surface area contributed by atoms with E-state index in [1.165, 1.54) is 9.77 Å². The van der Waals surface area contributed by atoms with Crippen LogP contribution >= 0.6 is 23.1 Å². The molecule has 23 heavy (non-hydrogen) atoms. The van der Waals surface area contributed by atoms with Gasteiger partial charge in [0.25, 0.3) is 0 Å². The normalized spacial score (nSPS) is 11.5. The zero-order valence-electron chi connectivity index (χ0n) is 13.9. The highest BCUT2D eigenvalue weighted by atomic mass is 32.2. The number of aliphatic imine (C=N–C) groups is 1. The fourth-order valence-corrected chi connectivity index (χ4v) is 3.90. The lowest BCUT2D eigenvalue weighted by atomic mass is 10.3. The molecule has 2 rings (SSSR count). The fourth-order valence-electron chi connectivity index (χ4n) is 2.18. The molecule has 124 valence electrons. The fraction of sp³-hybridized carbons (Fsp3) is 0.412. The van der Waals surface area contributed by atoms with Gasteiger partial charge in [-0.05, 0) is 26.0 Å². The molecule has 1 aromatic heterocycles. The average Bonchev–Trinajstić information content (AvgIpc) is 2.88. The van der Waals surface area contributed by atoms with Crippen LogP contribution in [0.5, 0.6) is 0 Å². The molecule has 0 aliphatic carbocycles. The van der Waals surface area contributed by atoms with Gasteiger partial charge < -0.3 is 10.6 Å². The first-order chi connectivity index (χ1) is 11.2. The van der Waals surface area contributed by atoms with Crippen molar-refractivity contribution in [1.29, 1.82) is 0 Å². The van der Waals surface area contributed by atoms with Crippen LogP contribution in [0.2, 0.25) is 0 Å². The van der Waals surface area contributed by atoms with Gasteiger partial charge in [-0.1, -0.05) is 18.2 Å². The van der Waals surface area contributed by atoms with Crippen molar-refractivity contribution < 1.29 is 0 Å². The standard InChI is InChI=1S/C17H24N4S2/c1-13-16(23-14(2)21-13)9-10-19-17(18-3)20-11-12-22-15-7-5-4-6-8-15/h4-8H,9-12H2,1-3H3,(H2,18,19,20). The highest BCUT2D eigenvalue weighted by molar-refractivity contribution is 7.99. The Balaban J connectivity index is 1.64. The summed E-state index contributed by atoms with van der Waals surface area (Å²) in [7, 11) is 1.81. The molecule has 4 nitrogen and oxygen atoms in total. The summed E-state index contributed by atoms with van der Waals surface area (Å²) in [6.07, 6.45) is 0.983. The number of benzene rings is 1. The van der Waals surface area contributed by atoms with E-state index in [0.29, 0.717) is 0 Å². The Bertz CT molecular complexity index is 623. The molecular weight excluding hydrogens is 324 g/mol. The highest BCUT2D eigenvalue weighted by Crippen LogP contribution is 2.17. The number of thiazole rings is 1. The summed E-state index contributed by atoms with van der Waals surface area (Å²) in [6, 6.07) is 10.5. The molecule has 2 aromatic rings. The van der Waals surface area contributed by atoms with Crippen molar-refractivity contribution in [2.45, 2.75) is 25.2 Å². The Morgan fingerprint density at radius 1 is 1.17 bits per heavy atom. The van der Waals surface area contributed by atoms with Gasteiger partial charge in [0.05, 0.1) is 10.7 Å². The second-order valence-electron chi connectivity index (χ2n) is 5.08. The molecule has 0 unspecified atom stereocenters. The van der Waals surface area contributed by atoms with Crippen LogP contribution < -0.4 is 10.6 Å². The number of thioether (sulfide) groups is 1. The number of rotatable bonds is 7. The summed E-state index contributed by atoms with van der Waals surface area (Å²) in [5, 5.41) is 7.85. The molecule has 0 aliphatic rings. The lowest BCUT2D eigenvalue weighted by Gasteiger charge is -2.11. The minimum atomic E-state index is 0.859. The number of nitrogens with one attached hydrogen (secondary N) is 2. The van der Waals surface area contributed by atoms with E-state index in [0.717, 1.165) is 41.9 Å². The van der Waals surface area contributed by atoms with Gasteiger partial charge in [0.1, 0.15) is 0 Å². The van der Waals surface area contributed by atoms with Gasteiger partial charge in [-0.3, -0.25) is 4.99 Å². The van der Waals surface area contributed by atoms with Crippen molar-refractivity contribution in [3.05, 3.63) is 45.9 Å². The Kier molecular flexibility index (Phi) is 7.42. The summed E-state index contributed by atoms with van der Waals surface area (Å²) in [4.78, 5) is 11.4. The monoisotopic (exact) mass is 348 g/mol. The number of aromatic nitrogens is 1. The second-order valence-corrected chi connectivity index (χ2v) is 7.53. The van der Waals surface area contributed by atoms with Crippen LogP contribution in [0.3, 0.4) is 0 Å². The SMILES string of the molecule is CN=C(NCCSc1ccccc1)NCCc1sc(C)nc1C. The second kappa shape index (κ2) is 9.57. The molecule has 2 N–H and O–H groups in total. The van der Waals surface area contributed by atoms with Crippen LogP contribution in [0.25, 0.3) is 0 Å². The van der Waals surface area contributed by atoms with Crippen molar-refractivity contribution in [2.24, 2.45) is 4.99 Å². The third-order valence-corrected chi connectivity index (χ3v) is 5.42. The predicted molar refractivity (Wildman–Crippen MR) is 102 cm³/mol. The summed E-state index contributed by atoms with van der Waals surface area (Å²) in [5.74, 6) is 1.87. The molecule has 0 amide bonds. The zero-order chi connectivity index (χ0) is 16.5. The number of hydrogen-bond acceptors (Lipinski definition) is 4. The first-order valence-electron chi connectivity index (χ1n) is 7.74. The lowest BCUT2D eigenvalue weighted by Crippen LogP contribution is -2.39. The topological polar surface area (TPSA) is 49.3 Å². The van der Waals surface area contributed by atoms with Crippen molar-refractivity contribution in [1.82, 2.24) is 15.6 Å². The van der Waals surface area contributed by atoms with E-state index in [2.05, 4.69) is 58.7 Å². The van der Waals surface area contributed by atoms with E-state index in [1.54, 1.807) is 11.3 Å². The molecule has 0 spiro atoms. The molecule has 0 saturated heterocycles. The van der Waals surface area contributed by atoms with E-state index in [9.17, 15) is 0 Å². The number of aryl methyl sites for hydroxylation is 2. The van der Waals surface area contributed by atoms with Gasteiger partial charge in [-0.25, -0.2) is 4.98 Å². The van der Waals surface area contributed by atoms with E-state index in [1.807, 2.05) is 24.9 Å². The van der Waals surface area contributed by atoms with E-state index < -0.39 is 0 Å². The van der Waals surface area contributed by atoms with Crippen LogP contribution in [-0.2, 0) is 6.42 Å². The van der Waals surface area contributed by atoms with E-state index >= 15 is 0 Å². The van der Waals surface area contributed by atoms with Gasteiger partial charge in [-0.2, -0.15) is 0 Å². The predicted octanol–water partition coefficient (Wildman–Crippen LogP) is 3.26. The van der Waals surface area contributed by atoms with Crippen LogP contribution in [0.4, 0.5) is 0 Å². The number of guanidine groups is 1. The summed E-state index contributed by atoms with van der Waals surface area (Å²) in [5.41, 5.74) is 1.15. The molecule has 0 bridgehead atoms. The van der Waals surface area contributed by atoms with Crippen molar-refractivity contribution >= 4 is 29.1 Å². The van der Waals surface area contributed by atoms with Crippen molar-refractivity contribution in [2.75, 3.05) is 25.9 Å². The Morgan fingerprint density at radius 3 is 2.57 bits per heavy atom. The zero-order valence-corrected chi connectivity index (χ0v) is 15.6. The van der Waals surface area contributed by atoms with Crippen LogP contribution in [-0.4, -0.2) is 36.8 Å². The Hall–Kier alpha value is -1.53. The maximum atomic E-state index is 4.46. The smallest absolute Gasteiger partial charge is 0.191 e. The molecule has 0 saturated carbocycles. The van der Waals surface area contributed by atoms with Crippen LogP contribution in [0.1, 0.15) is 15.6 Å². The van der Waals surface area contributed by atoms with Crippen LogP contribution in [0, 0.1) is 13.8 Å². The minimum Gasteiger partial charge on any atom is -0.356 e. The third kappa shape index (κ3) is 6.23. The molecule has 0 aliphatic heterocycles. The Morgan fingerprint density at radius 2 is 1.91 bits per heavy atom. The Labute approximate surface area is 146 Å². The number of hydrogen-bond donors (Lipinski definition) is 2. The van der Waals surface area contributed by atoms with Gasteiger partial charge >= 0.3 is 0 Å². The van der Waals surface area contributed by atoms with E-state index in [4.69, 9.17) is 0 Å². The van der Waals surface area contributed by atoms with E-state index in [-0.39, 0.29) is 0 Å². The van der Waals surface area contributed by atoms with Crippen molar-refractivity contribution in [3.8, 4) is 0 Å². The molecule has 0 fully saturated rings. The number of nitrogens with zero attached hydrogens (tertiary/aromatic N) is 2. The maximum Gasteiger partial charge on any atom is 0.191 e. The van der Waals surface area contributed by atoms with Gasteiger partial charge in [0.2, 0.25) is 0 Å². The van der Waals surface area contributed by atoms with Crippen LogP contribution in [0.15, 0.2) is 40.2 Å². The third-order valence-electron chi connectivity index (χ3n) is 3.27. The molecular formula is C17H24N4S2. The molecule has 0 radical (unpaired) electrons. The first-order valence-corrected chi connectivity index (χ1v) is 9.54. The summed E-state index contributed by atoms with van der Waals surface area (Å²) in [6.45, 7) is 5.89. The minimum absolute atomic E-state index is 0.859. The first kappa shape index (κ1) is 17.8. The molecule has 0 atom stereocenters. The maximum absolute atomic E-state index is 4.46. The molecule has 1 heterocycles. The van der Waals surface area contributed by atoms with Gasteiger partial charge in [0.15, 0.2) is 5.96 Å². The molecule has 6 heteroatoms. The van der Waals surface area contributed by atoms with Gasteiger partial charge in [-0.15, -0.1) is 23.1 Å².